The van der Waals surface area contributed by atoms with E-state index in [0.29, 0.717) is 48.3 Å². The van der Waals surface area contributed by atoms with Crippen molar-refractivity contribution in [1.29, 1.82) is 0 Å². The normalized spacial score (nSPS) is 12.8. The van der Waals surface area contributed by atoms with E-state index in [4.69, 9.17) is 14.2 Å². The number of carbonyl (C=O) groups excluding carboxylic acids is 1. The molecule has 4 rings (SSSR count). The molecule has 0 aliphatic carbocycles. The first kappa shape index (κ1) is 25.1. The average molecular weight is 510 g/mol. The SMILES string of the molecule is CCOc1ccc(N(CC(=O)N/N=C/c2cccc3c2OCCO3)S(=O)(=O)c2ccc(C)cc2)cc1. The standard InChI is InChI=1S/C26H27N3O6S/c1-3-33-22-11-9-21(10-12-22)29(36(31,32)23-13-7-19(2)8-14-23)18-25(30)28-27-17-20-5-4-6-24-26(20)35-16-15-34-24/h4-14,17H,3,15-16,18H2,1-2H3,(H,28,30)/b27-17+. The molecule has 3 aromatic rings. The quantitative estimate of drug-likeness (QED) is 0.350. The summed E-state index contributed by atoms with van der Waals surface area (Å²) in [7, 11) is -4.04. The van der Waals surface area contributed by atoms with Crippen molar-refractivity contribution in [2.75, 3.05) is 30.7 Å². The van der Waals surface area contributed by atoms with Gasteiger partial charge in [-0.2, -0.15) is 5.10 Å². The third-order valence-electron chi connectivity index (χ3n) is 5.32. The number of fused-ring (bicyclic) bond motifs is 1. The summed E-state index contributed by atoms with van der Waals surface area (Å²) >= 11 is 0. The number of carbonyl (C=O) groups is 1. The van der Waals surface area contributed by atoms with Gasteiger partial charge in [0.2, 0.25) is 0 Å². The summed E-state index contributed by atoms with van der Waals surface area (Å²) in [6.45, 7) is 4.60. The Morgan fingerprint density at radius 1 is 1.06 bits per heavy atom. The van der Waals surface area contributed by atoms with Gasteiger partial charge in [0.25, 0.3) is 15.9 Å². The van der Waals surface area contributed by atoms with Gasteiger partial charge in [0, 0.05) is 5.56 Å². The van der Waals surface area contributed by atoms with Crippen molar-refractivity contribution in [1.82, 2.24) is 5.43 Å². The molecular weight excluding hydrogens is 482 g/mol. The molecule has 0 unspecified atom stereocenters. The Kier molecular flexibility index (Phi) is 7.74. The molecule has 36 heavy (non-hydrogen) atoms. The predicted octanol–water partition coefficient (Wildman–Crippen LogP) is 3.51. The number of para-hydroxylation sites is 1. The van der Waals surface area contributed by atoms with Crippen LogP contribution < -0.4 is 23.9 Å². The van der Waals surface area contributed by atoms with Crippen LogP contribution in [-0.2, 0) is 14.8 Å². The van der Waals surface area contributed by atoms with Gasteiger partial charge in [-0.15, -0.1) is 0 Å². The van der Waals surface area contributed by atoms with Gasteiger partial charge in [-0.3, -0.25) is 9.10 Å². The molecule has 0 atom stereocenters. The van der Waals surface area contributed by atoms with Crippen LogP contribution in [0.3, 0.4) is 0 Å². The summed E-state index contributed by atoms with van der Waals surface area (Å²) in [6, 6.07) is 18.3. The van der Waals surface area contributed by atoms with E-state index < -0.39 is 22.5 Å². The third-order valence-corrected chi connectivity index (χ3v) is 7.11. The van der Waals surface area contributed by atoms with Gasteiger partial charge >= 0.3 is 0 Å². The minimum atomic E-state index is -4.04. The molecule has 0 aromatic heterocycles. The number of ether oxygens (including phenoxy) is 3. The highest BCUT2D eigenvalue weighted by Crippen LogP contribution is 2.32. The second-order valence-corrected chi connectivity index (χ2v) is 9.78. The minimum Gasteiger partial charge on any atom is -0.494 e. The first-order valence-electron chi connectivity index (χ1n) is 11.4. The zero-order valence-electron chi connectivity index (χ0n) is 20.0. The molecule has 0 radical (unpaired) electrons. The third kappa shape index (κ3) is 5.77. The fourth-order valence-corrected chi connectivity index (χ4v) is 4.99. The van der Waals surface area contributed by atoms with Crippen LogP contribution in [0.4, 0.5) is 5.69 Å². The minimum absolute atomic E-state index is 0.0753. The molecule has 1 amide bonds. The van der Waals surface area contributed by atoms with Gasteiger partial charge in [0.05, 0.1) is 23.4 Å². The fourth-order valence-electron chi connectivity index (χ4n) is 3.57. The maximum absolute atomic E-state index is 13.5. The highest BCUT2D eigenvalue weighted by Gasteiger charge is 2.27. The summed E-state index contributed by atoms with van der Waals surface area (Å²) in [6.07, 6.45) is 1.43. The van der Waals surface area contributed by atoms with Crippen LogP contribution in [0.5, 0.6) is 17.2 Å². The molecule has 9 nitrogen and oxygen atoms in total. The molecule has 1 aliphatic rings. The van der Waals surface area contributed by atoms with Crippen molar-refractivity contribution in [3.05, 3.63) is 77.9 Å². The smallest absolute Gasteiger partial charge is 0.264 e. The number of nitrogens with zero attached hydrogens (tertiary/aromatic N) is 2. The van der Waals surface area contributed by atoms with Gasteiger partial charge in [-0.25, -0.2) is 13.8 Å². The van der Waals surface area contributed by atoms with Crippen molar-refractivity contribution in [2.45, 2.75) is 18.7 Å². The Hall–Kier alpha value is -4.05. The van der Waals surface area contributed by atoms with Gasteiger partial charge < -0.3 is 14.2 Å². The highest BCUT2D eigenvalue weighted by molar-refractivity contribution is 7.92. The van der Waals surface area contributed by atoms with E-state index in [9.17, 15) is 13.2 Å². The van der Waals surface area contributed by atoms with E-state index in [1.165, 1.54) is 18.3 Å². The van der Waals surface area contributed by atoms with Crippen molar-refractivity contribution >= 4 is 27.8 Å². The van der Waals surface area contributed by atoms with Gasteiger partial charge in [-0.05, 0) is 62.4 Å². The largest absolute Gasteiger partial charge is 0.494 e. The van der Waals surface area contributed by atoms with Gasteiger partial charge in [0.15, 0.2) is 11.5 Å². The van der Waals surface area contributed by atoms with E-state index in [-0.39, 0.29) is 4.90 Å². The number of amides is 1. The van der Waals surface area contributed by atoms with Crippen LogP contribution in [-0.4, -0.2) is 46.9 Å². The molecule has 1 N–H and O–H groups in total. The molecule has 0 saturated carbocycles. The average Bonchev–Trinajstić information content (AvgIpc) is 2.88. The Labute approximate surface area is 210 Å². The Morgan fingerprint density at radius 3 is 2.50 bits per heavy atom. The van der Waals surface area contributed by atoms with E-state index in [2.05, 4.69) is 10.5 Å². The summed E-state index contributed by atoms with van der Waals surface area (Å²) in [5.74, 6) is 1.13. The zero-order chi connectivity index (χ0) is 25.5. The van der Waals surface area contributed by atoms with E-state index in [0.717, 1.165) is 9.87 Å². The molecule has 1 heterocycles. The number of hydrogen-bond donors (Lipinski definition) is 1. The van der Waals surface area contributed by atoms with Crippen LogP contribution in [0.2, 0.25) is 0 Å². The van der Waals surface area contributed by atoms with Crippen LogP contribution >= 0.6 is 0 Å². The zero-order valence-corrected chi connectivity index (χ0v) is 20.8. The lowest BCUT2D eigenvalue weighted by molar-refractivity contribution is -0.119. The fraction of sp³-hybridized carbons (Fsp3) is 0.231. The molecule has 10 heteroatoms. The van der Waals surface area contributed by atoms with Crippen LogP contribution in [0.1, 0.15) is 18.1 Å². The second-order valence-electron chi connectivity index (χ2n) is 7.92. The molecule has 188 valence electrons. The number of rotatable bonds is 9. The Morgan fingerprint density at radius 2 is 1.78 bits per heavy atom. The molecule has 0 spiro atoms. The van der Waals surface area contributed by atoms with E-state index in [1.807, 2.05) is 13.8 Å². The number of hydrogen-bond acceptors (Lipinski definition) is 7. The van der Waals surface area contributed by atoms with Crippen molar-refractivity contribution in [3.8, 4) is 17.2 Å². The van der Waals surface area contributed by atoms with Crippen LogP contribution in [0.25, 0.3) is 0 Å². The summed E-state index contributed by atoms with van der Waals surface area (Å²) in [4.78, 5) is 12.9. The number of hydrazone groups is 1. The van der Waals surface area contributed by atoms with Crippen molar-refractivity contribution < 1.29 is 27.4 Å². The van der Waals surface area contributed by atoms with Crippen molar-refractivity contribution in [3.63, 3.8) is 0 Å². The topological polar surface area (TPSA) is 107 Å². The maximum Gasteiger partial charge on any atom is 0.264 e. The van der Waals surface area contributed by atoms with E-state index >= 15 is 0 Å². The molecule has 3 aromatic carbocycles. The number of anilines is 1. The summed E-state index contributed by atoms with van der Waals surface area (Å²) < 4.78 is 44.7. The summed E-state index contributed by atoms with van der Waals surface area (Å²) in [5.41, 5.74) is 4.28. The van der Waals surface area contributed by atoms with E-state index in [1.54, 1.807) is 54.6 Å². The van der Waals surface area contributed by atoms with Crippen LogP contribution in [0, 0.1) is 6.92 Å². The molecule has 0 bridgehead atoms. The first-order chi connectivity index (χ1) is 17.4. The number of aryl methyl sites for hydroxylation is 1. The maximum atomic E-state index is 13.5. The highest BCUT2D eigenvalue weighted by atomic mass is 32.2. The number of sulfonamides is 1. The molecule has 1 aliphatic heterocycles. The lowest BCUT2D eigenvalue weighted by Gasteiger charge is -2.24. The number of nitrogens with one attached hydrogen (secondary N) is 1. The predicted molar refractivity (Wildman–Crippen MR) is 136 cm³/mol. The monoisotopic (exact) mass is 509 g/mol. The lowest BCUT2D eigenvalue weighted by atomic mass is 10.2. The Bertz CT molecular complexity index is 1340. The van der Waals surface area contributed by atoms with Gasteiger partial charge in [-0.1, -0.05) is 23.8 Å². The van der Waals surface area contributed by atoms with Crippen LogP contribution in [0.15, 0.2) is 76.7 Å². The van der Waals surface area contributed by atoms with Crippen molar-refractivity contribution in [2.24, 2.45) is 5.10 Å². The van der Waals surface area contributed by atoms with Gasteiger partial charge in [0.1, 0.15) is 25.5 Å². The first-order valence-corrected chi connectivity index (χ1v) is 12.9. The Balaban J connectivity index is 1.55. The molecule has 0 fully saturated rings. The lowest BCUT2D eigenvalue weighted by Crippen LogP contribution is -2.39. The molecular formula is C26H27N3O6S. The molecule has 0 saturated heterocycles. The summed E-state index contributed by atoms with van der Waals surface area (Å²) in [5, 5.41) is 4.00. The second kappa shape index (κ2) is 11.1. The number of benzene rings is 3.